The zero-order valence-corrected chi connectivity index (χ0v) is 12.5. The number of nitrogens with zero attached hydrogens (tertiary/aromatic N) is 1. The number of hydrogen-bond acceptors (Lipinski definition) is 1. The molecule has 1 heteroatoms. The first-order chi connectivity index (χ1) is 10.4. The number of benzene rings is 2. The standard InChI is InChI=1S/C20H23N/c1-2-7-16(8-3-1)15-21-12-6-11-19-13-17-9-4-5-10-18(17)14-20(19)21/h1-5,7-10,19-20H,6,11-15H2/t19-,20-/m0/s1. The fraction of sp³-hybridized carbons (Fsp3) is 0.400. The molecule has 0 aromatic heterocycles. The van der Waals surface area contributed by atoms with E-state index >= 15 is 0 Å². The molecule has 4 rings (SSSR count). The van der Waals surface area contributed by atoms with Crippen LogP contribution in [0.4, 0.5) is 0 Å². The highest BCUT2D eigenvalue weighted by Gasteiger charge is 2.35. The van der Waals surface area contributed by atoms with Gasteiger partial charge < -0.3 is 0 Å². The van der Waals surface area contributed by atoms with Crippen LogP contribution in [0.25, 0.3) is 0 Å². The van der Waals surface area contributed by atoms with Crippen molar-refractivity contribution in [2.24, 2.45) is 5.92 Å². The summed E-state index contributed by atoms with van der Waals surface area (Å²) in [5.74, 6) is 0.859. The average Bonchev–Trinajstić information content (AvgIpc) is 2.54. The molecule has 0 bridgehead atoms. The Kier molecular flexibility index (Phi) is 3.52. The number of likely N-dealkylation sites (tertiary alicyclic amines) is 1. The molecular weight excluding hydrogens is 254 g/mol. The zero-order chi connectivity index (χ0) is 14.1. The van der Waals surface area contributed by atoms with E-state index in [9.17, 15) is 0 Å². The fourth-order valence-electron chi connectivity index (χ4n) is 4.22. The van der Waals surface area contributed by atoms with Gasteiger partial charge in [-0.3, -0.25) is 4.90 Å². The third kappa shape index (κ3) is 2.63. The van der Waals surface area contributed by atoms with E-state index in [1.807, 2.05) is 0 Å². The van der Waals surface area contributed by atoms with Gasteiger partial charge in [0.15, 0.2) is 0 Å². The predicted octanol–water partition coefficient (Wildman–Crippen LogP) is 4.07. The Morgan fingerprint density at radius 3 is 2.38 bits per heavy atom. The molecule has 1 fully saturated rings. The van der Waals surface area contributed by atoms with E-state index in [1.54, 1.807) is 11.1 Å². The molecule has 1 nitrogen and oxygen atoms in total. The lowest BCUT2D eigenvalue weighted by Crippen LogP contribution is -2.48. The first-order valence-electron chi connectivity index (χ1n) is 8.25. The molecule has 0 spiro atoms. The molecule has 0 saturated carbocycles. The maximum Gasteiger partial charge on any atom is 0.0236 e. The highest BCUT2D eigenvalue weighted by atomic mass is 15.2. The van der Waals surface area contributed by atoms with Crippen LogP contribution in [0.2, 0.25) is 0 Å². The summed E-state index contributed by atoms with van der Waals surface area (Å²) in [5, 5.41) is 0. The van der Waals surface area contributed by atoms with Crippen LogP contribution in [-0.2, 0) is 19.4 Å². The van der Waals surface area contributed by atoms with Gasteiger partial charge >= 0.3 is 0 Å². The Morgan fingerprint density at radius 2 is 1.57 bits per heavy atom. The summed E-state index contributed by atoms with van der Waals surface area (Å²) in [6, 6.07) is 20.8. The summed E-state index contributed by atoms with van der Waals surface area (Å²) in [6.45, 7) is 2.38. The van der Waals surface area contributed by atoms with Crippen LogP contribution in [0.3, 0.4) is 0 Å². The molecular formula is C20H23N. The Bertz CT molecular complexity index is 604. The second-order valence-electron chi connectivity index (χ2n) is 6.60. The van der Waals surface area contributed by atoms with Crippen LogP contribution in [0, 0.1) is 5.92 Å². The summed E-state index contributed by atoms with van der Waals surface area (Å²) >= 11 is 0. The molecule has 0 radical (unpaired) electrons. The van der Waals surface area contributed by atoms with Crippen molar-refractivity contribution < 1.29 is 0 Å². The van der Waals surface area contributed by atoms with E-state index in [4.69, 9.17) is 0 Å². The van der Waals surface area contributed by atoms with Crippen molar-refractivity contribution in [2.75, 3.05) is 6.54 Å². The minimum absolute atomic E-state index is 0.744. The van der Waals surface area contributed by atoms with Crippen molar-refractivity contribution in [1.29, 1.82) is 0 Å². The van der Waals surface area contributed by atoms with Crippen LogP contribution in [0.1, 0.15) is 29.5 Å². The zero-order valence-electron chi connectivity index (χ0n) is 12.5. The summed E-state index contributed by atoms with van der Waals surface area (Å²) in [7, 11) is 0. The number of hydrogen-bond donors (Lipinski definition) is 0. The summed E-state index contributed by atoms with van der Waals surface area (Å²) in [6.07, 6.45) is 5.29. The molecule has 0 N–H and O–H groups in total. The van der Waals surface area contributed by atoms with E-state index in [-0.39, 0.29) is 0 Å². The molecule has 2 aromatic carbocycles. The quantitative estimate of drug-likeness (QED) is 0.800. The lowest BCUT2D eigenvalue weighted by Gasteiger charge is -2.44. The van der Waals surface area contributed by atoms with Gasteiger partial charge in [0.05, 0.1) is 0 Å². The lowest BCUT2D eigenvalue weighted by molar-refractivity contribution is 0.0784. The summed E-state index contributed by atoms with van der Waals surface area (Å²) in [5.41, 5.74) is 4.64. The molecule has 0 unspecified atom stereocenters. The molecule has 1 heterocycles. The second kappa shape index (κ2) is 5.65. The smallest absolute Gasteiger partial charge is 0.0236 e. The lowest BCUT2D eigenvalue weighted by atomic mass is 9.75. The molecule has 1 saturated heterocycles. The average molecular weight is 277 g/mol. The van der Waals surface area contributed by atoms with E-state index in [0.29, 0.717) is 0 Å². The summed E-state index contributed by atoms with van der Waals surface area (Å²) < 4.78 is 0. The number of rotatable bonds is 2. The molecule has 108 valence electrons. The molecule has 2 atom stereocenters. The highest BCUT2D eigenvalue weighted by Crippen LogP contribution is 2.35. The normalized spacial score (nSPS) is 25.1. The Labute approximate surface area is 127 Å². The van der Waals surface area contributed by atoms with Gasteiger partial charge in [-0.1, -0.05) is 54.6 Å². The first-order valence-corrected chi connectivity index (χ1v) is 8.25. The van der Waals surface area contributed by atoms with Gasteiger partial charge in [-0.15, -0.1) is 0 Å². The van der Waals surface area contributed by atoms with Crippen LogP contribution in [0.5, 0.6) is 0 Å². The fourth-order valence-corrected chi connectivity index (χ4v) is 4.22. The van der Waals surface area contributed by atoms with Gasteiger partial charge in [0.1, 0.15) is 0 Å². The molecule has 21 heavy (non-hydrogen) atoms. The van der Waals surface area contributed by atoms with Crippen molar-refractivity contribution in [3.8, 4) is 0 Å². The monoisotopic (exact) mass is 277 g/mol. The minimum atomic E-state index is 0.744. The molecule has 2 aliphatic rings. The van der Waals surface area contributed by atoms with E-state index < -0.39 is 0 Å². The largest absolute Gasteiger partial charge is 0.296 e. The third-order valence-corrected chi connectivity index (χ3v) is 5.29. The van der Waals surface area contributed by atoms with Gasteiger partial charge in [0.25, 0.3) is 0 Å². The van der Waals surface area contributed by atoms with Crippen molar-refractivity contribution in [3.63, 3.8) is 0 Å². The Balaban J connectivity index is 1.57. The SMILES string of the molecule is c1ccc(CN2CCC[C@H]3Cc4ccccc4C[C@@H]32)cc1. The van der Waals surface area contributed by atoms with Crippen LogP contribution in [0.15, 0.2) is 54.6 Å². The second-order valence-corrected chi connectivity index (χ2v) is 6.60. The van der Waals surface area contributed by atoms with Crippen LogP contribution < -0.4 is 0 Å². The van der Waals surface area contributed by atoms with E-state index in [2.05, 4.69) is 59.5 Å². The Hall–Kier alpha value is -1.60. The Morgan fingerprint density at radius 1 is 0.857 bits per heavy atom. The maximum atomic E-state index is 2.74. The minimum Gasteiger partial charge on any atom is -0.296 e. The number of fused-ring (bicyclic) bond motifs is 2. The molecule has 1 aliphatic carbocycles. The van der Waals surface area contributed by atoms with Crippen molar-refractivity contribution in [3.05, 3.63) is 71.3 Å². The number of piperidine rings is 1. The van der Waals surface area contributed by atoms with Crippen LogP contribution in [-0.4, -0.2) is 17.5 Å². The van der Waals surface area contributed by atoms with E-state index in [1.165, 1.54) is 37.8 Å². The van der Waals surface area contributed by atoms with Gasteiger partial charge in [0, 0.05) is 12.6 Å². The maximum absolute atomic E-state index is 2.74. The molecule has 0 amide bonds. The van der Waals surface area contributed by atoms with Crippen molar-refractivity contribution in [1.82, 2.24) is 4.90 Å². The summed E-state index contributed by atoms with van der Waals surface area (Å²) in [4.78, 5) is 2.74. The third-order valence-electron chi connectivity index (χ3n) is 5.29. The molecule has 1 aliphatic heterocycles. The topological polar surface area (TPSA) is 3.24 Å². The van der Waals surface area contributed by atoms with Gasteiger partial charge in [-0.2, -0.15) is 0 Å². The first kappa shape index (κ1) is 13.1. The van der Waals surface area contributed by atoms with Gasteiger partial charge in [-0.05, 0) is 54.8 Å². The highest BCUT2D eigenvalue weighted by molar-refractivity contribution is 5.31. The van der Waals surface area contributed by atoms with Gasteiger partial charge in [0.2, 0.25) is 0 Å². The van der Waals surface area contributed by atoms with Crippen molar-refractivity contribution >= 4 is 0 Å². The predicted molar refractivity (Wildman–Crippen MR) is 87.2 cm³/mol. The van der Waals surface area contributed by atoms with Gasteiger partial charge in [-0.25, -0.2) is 0 Å². The molecule has 2 aromatic rings. The van der Waals surface area contributed by atoms with Crippen LogP contribution >= 0.6 is 0 Å². The van der Waals surface area contributed by atoms with Crippen molar-refractivity contribution in [2.45, 2.75) is 38.3 Å². The van der Waals surface area contributed by atoms with E-state index in [0.717, 1.165) is 18.5 Å².